The number of hydrazone groups is 1. The van der Waals surface area contributed by atoms with Crippen molar-refractivity contribution in [2.24, 2.45) is 11.0 Å². The minimum absolute atomic E-state index is 0.146. The summed E-state index contributed by atoms with van der Waals surface area (Å²) in [4.78, 5) is 25.2. The van der Waals surface area contributed by atoms with Gasteiger partial charge in [-0.25, -0.2) is 9.82 Å². The highest BCUT2D eigenvalue weighted by molar-refractivity contribution is 9.10. The van der Waals surface area contributed by atoms with Gasteiger partial charge in [0.1, 0.15) is 18.5 Å². The molecule has 0 saturated carbocycles. The van der Waals surface area contributed by atoms with E-state index in [4.69, 9.17) is 32.7 Å². The van der Waals surface area contributed by atoms with Gasteiger partial charge in [0.15, 0.2) is 11.5 Å². The first-order valence-corrected chi connectivity index (χ1v) is 13.0. The second-order valence-corrected chi connectivity index (χ2v) is 10.2. The largest absolute Gasteiger partial charge is 0.493 e. The quantitative estimate of drug-likeness (QED) is 0.202. The zero-order valence-electron chi connectivity index (χ0n) is 20.7. The summed E-state index contributed by atoms with van der Waals surface area (Å²) < 4.78 is 25.9. The number of methoxy groups -OCH3 is 1. The Morgan fingerprint density at radius 2 is 1.87 bits per heavy atom. The summed E-state index contributed by atoms with van der Waals surface area (Å²) in [5.74, 6) is -1.31. The van der Waals surface area contributed by atoms with Gasteiger partial charge in [-0.3, -0.25) is 9.59 Å². The van der Waals surface area contributed by atoms with Crippen molar-refractivity contribution in [3.63, 3.8) is 0 Å². The molecule has 0 heterocycles. The Hall–Kier alpha value is -3.14. The van der Waals surface area contributed by atoms with E-state index in [1.807, 2.05) is 0 Å². The number of carbonyl (C=O) groups is 2. The van der Waals surface area contributed by atoms with Crippen molar-refractivity contribution in [2.75, 3.05) is 7.11 Å². The number of ether oxygens (including phenoxy) is 2. The smallest absolute Gasteiger partial charge is 0.262 e. The molecule has 2 N–H and O–H groups in total. The van der Waals surface area contributed by atoms with Crippen molar-refractivity contribution < 1.29 is 23.5 Å². The minimum atomic E-state index is -0.934. The van der Waals surface area contributed by atoms with Gasteiger partial charge in [-0.1, -0.05) is 55.2 Å². The van der Waals surface area contributed by atoms with Crippen LogP contribution in [-0.2, 0) is 11.4 Å². The summed E-state index contributed by atoms with van der Waals surface area (Å²) in [6.07, 6.45) is 1.42. The summed E-state index contributed by atoms with van der Waals surface area (Å²) in [6.45, 7) is 3.70. The molecule has 0 saturated heterocycles. The van der Waals surface area contributed by atoms with E-state index in [0.29, 0.717) is 31.6 Å². The van der Waals surface area contributed by atoms with Crippen molar-refractivity contribution in [2.45, 2.75) is 26.5 Å². The van der Waals surface area contributed by atoms with Crippen LogP contribution >= 0.6 is 39.1 Å². The number of hydrogen-bond donors (Lipinski definition) is 2. The summed E-state index contributed by atoms with van der Waals surface area (Å²) >= 11 is 15.6. The first kappa shape index (κ1) is 29.4. The molecule has 0 bridgehead atoms. The predicted molar refractivity (Wildman–Crippen MR) is 150 cm³/mol. The van der Waals surface area contributed by atoms with Crippen molar-refractivity contribution in [3.05, 3.63) is 91.6 Å². The molecule has 3 aromatic carbocycles. The lowest BCUT2D eigenvalue weighted by Crippen LogP contribution is -2.48. The van der Waals surface area contributed by atoms with Gasteiger partial charge in [0, 0.05) is 15.6 Å². The fourth-order valence-electron chi connectivity index (χ4n) is 3.38. The van der Waals surface area contributed by atoms with Crippen LogP contribution < -0.4 is 20.2 Å². The third-order valence-electron chi connectivity index (χ3n) is 5.38. The standard InChI is InChI=1S/C27H25BrCl2FN3O4/c1-15(2)24(33-26(35)19-6-4-5-7-22(19)31)27(36)34-32-13-16-10-20(28)25(23(11-16)37-3)38-14-17-8-9-18(29)12-21(17)30/h4-13,15,24H,14H2,1-3H3,(H,33,35)(H,34,36)/b32-13+. The normalized spacial score (nSPS) is 11.9. The highest BCUT2D eigenvalue weighted by atomic mass is 79.9. The van der Waals surface area contributed by atoms with Crippen LogP contribution in [-0.4, -0.2) is 31.2 Å². The van der Waals surface area contributed by atoms with E-state index in [1.165, 1.54) is 31.5 Å². The maximum absolute atomic E-state index is 14.0. The van der Waals surface area contributed by atoms with Crippen LogP contribution in [0.4, 0.5) is 4.39 Å². The average molecular weight is 625 g/mol. The van der Waals surface area contributed by atoms with Crippen molar-refractivity contribution >= 4 is 57.2 Å². The number of amides is 2. The molecule has 0 spiro atoms. The lowest BCUT2D eigenvalue weighted by molar-refractivity contribution is -0.123. The summed E-state index contributed by atoms with van der Waals surface area (Å²) in [6, 6.07) is 13.2. The van der Waals surface area contributed by atoms with E-state index in [-0.39, 0.29) is 18.1 Å². The molecule has 1 atom stereocenters. The molecular formula is C27H25BrCl2FN3O4. The Balaban J connectivity index is 1.68. The average Bonchev–Trinajstić information content (AvgIpc) is 2.87. The lowest BCUT2D eigenvalue weighted by Gasteiger charge is -2.20. The summed E-state index contributed by atoms with van der Waals surface area (Å²) in [5, 5.41) is 7.58. The Morgan fingerprint density at radius 3 is 2.53 bits per heavy atom. The van der Waals surface area contributed by atoms with Crippen LogP contribution in [0.5, 0.6) is 11.5 Å². The number of halogens is 4. The number of nitrogens with one attached hydrogen (secondary N) is 2. The molecule has 2 amide bonds. The first-order chi connectivity index (χ1) is 18.1. The fraction of sp³-hybridized carbons (Fsp3) is 0.222. The van der Waals surface area contributed by atoms with Gasteiger partial charge in [0.25, 0.3) is 11.8 Å². The Bertz CT molecular complexity index is 1350. The van der Waals surface area contributed by atoms with E-state index >= 15 is 0 Å². The molecular weight excluding hydrogens is 600 g/mol. The van der Waals surface area contributed by atoms with Crippen LogP contribution in [0, 0.1) is 11.7 Å². The molecule has 11 heteroatoms. The zero-order valence-corrected chi connectivity index (χ0v) is 23.8. The molecule has 0 radical (unpaired) electrons. The van der Waals surface area contributed by atoms with E-state index in [9.17, 15) is 14.0 Å². The van der Waals surface area contributed by atoms with Gasteiger partial charge in [0.2, 0.25) is 0 Å². The highest BCUT2D eigenvalue weighted by Crippen LogP contribution is 2.37. The van der Waals surface area contributed by atoms with Gasteiger partial charge in [-0.05, 0) is 63.8 Å². The fourth-order valence-corrected chi connectivity index (χ4v) is 4.42. The van der Waals surface area contributed by atoms with Crippen LogP contribution in [0.1, 0.15) is 35.3 Å². The van der Waals surface area contributed by atoms with Gasteiger partial charge >= 0.3 is 0 Å². The molecule has 38 heavy (non-hydrogen) atoms. The Morgan fingerprint density at radius 1 is 1.13 bits per heavy atom. The summed E-state index contributed by atoms with van der Waals surface area (Å²) in [5.41, 5.74) is 3.63. The molecule has 0 aliphatic carbocycles. The van der Waals surface area contributed by atoms with Gasteiger partial charge < -0.3 is 14.8 Å². The van der Waals surface area contributed by atoms with E-state index in [1.54, 1.807) is 50.2 Å². The minimum Gasteiger partial charge on any atom is -0.493 e. The number of benzene rings is 3. The number of hydrogen-bond acceptors (Lipinski definition) is 5. The van der Waals surface area contributed by atoms with Crippen LogP contribution in [0.2, 0.25) is 10.0 Å². The molecule has 0 aliphatic rings. The molecule has 200 valence electrons. The zero-order chi connectivity index (χ0) is 27.8. The SMILES string of the molecule is COc1cc(/C=N/NC(=O)C(NC(=O)c2ccccc2F)C(C)C)cc(Br)c1OCc1ccc(Cl)cc1Cl. The highest BCUT2D eigenvalue weighted by Gasteiger charge is 2.25. The topological polar surface area (TPSA) is 89.0 Å². The maximum Gasteiger partial charge on any atom is 0.262 e. The number of carbonyl (C=O) groups excluding carboxylic acids is 2. The monoisotopic (exact) mass is 623 g/mol. The predicted octanol–water partition coefficient (Wildman–Crippen LogP) is 6.39. The molecule has 1 unspecified atom stereocenters. The Labute approximate surface area is 238 Å². The lowest BCUT2D eigenvalue weighted by atomic mass is 10.0. The second-order valence-electron chi connectivity index (χ2n) is 8.47. The second kappa shape index (κ2) is 13.6. The van der Waals surface area contributed by atoms with Gasteiger partial charge in [-0.2, -0.15) is 5.10 Å². The van der Waals surface area contributed by atoms with Crippen LogP contribution in [0.25, 0.3) is 0 Å². The third kappa shape index (κ3) is 7.69. The Kier molecular flexibility index (Phi) is 10.5. The molecule has 0 fully saturated rings. The van der Waals surface area contributed by atoms with E-state index < -0.39 is 23.7 Å². The molecule has 3 rings (SSSR count). The molecule has 0 aromatic heterocycles. The number of rotatable bonds is 10. The van der Waals surface area contributed by atoms with Gasteiger partial charge in [0.05, 0.1) is 23.4 Å². The van der Waals surface area contributed by atoms with Crippen LogP contribution in [0.3, 0.4) is 0 Å². The molecule has 3 aromatic rings. The van der Waals surface area contributed by atoms with E-state index in [2.05, 4.69) is 31.8 Å². The van der Waals surface area contributed by atoms with Crippen molar-refractivity contribution in [1.29, 1.82) is 0 Å². The first-order valence-electron chi connectivity index (χ1n) is 11.4. The number of nitrogens with zero attached hydrogens (tertiary/aromatic N) is 1. The van der Waals surface area contributed by atoms with Gasteiger partial charge in [-0.15, -0.1) is 0 Å². The van der Waals surface area contributed by atoms with Crippen molar-refractivity contribution in [1.82, 2.24) is 10.7 Å². The van der Waals surface area contributed by atoms with E-state index in [0.717, 1.165) is 5.56 Å². The molecule has 7 nitrogen and oxygen atoms in total. The van der Waals surface area contributed by atoms with Crippen LogP contribution in [0.15, 0.2) is 64.2 Å². The molecule has 0 aliphatic heterocycles. The van der Waals surface area contributed by atoms with Crippen molar-refractivity contribution in [3.8, 4) is 11.5 Å². The summed E-state index contributed by atoms with van der Waals surface area (Å²) in [7, 11) is 1.50. The maximum atomic E-state index is 14.0. The third-order valence-corrected chi connectivity index (χ3v) is 6.56.